The van der Waals surface area contributed by atoms with Crippen molar-refractivity contribution in [2.24, 2.45) is 0 Å². The molecule has 148 valence electrons. The van der Waals surface area contributed by atoms with Gasteiger partial charge >= 0.3 is 0 Å². The van der Waals surface area contributed by atoms with Crippen LogP contribution in [-0.4, -0.2) is 49.0 Å². The van der Waals surface area contributed by atoms with Gasteiger partial charge in [0.1, 0.15) is 5.82 Å². The summed E-state index contributed by atoms with van der Waals surface area (Å²) in [6.07, 6.45) is 2.23. The highest BCUT2D eigenvalue weighted by Gasteiger charge is 2.40. The maximum Gasteiger partial charge on any atom is 0.266 e. The molecule has 4 heterocycles. The lowest BCUT2D eigenvalue weighted by Gasteiger charge is -2.21. The fourth-order valence-corrected chi connectivity index (χ4v) is 3.17. The van der Waals surface area contributed by atoms with Gasteiger partial charge < -0.3 is 4.90 Å². The topological polar surface area (TPSA) is 72.6 Å². The SMILES string of the molecule is CC(C)(C)c1nc(N2CCC(F)(F)C2)c2nn(CCc3ccccn3)nc2n1. The number of fused-ring (bicyclic) bond motifs is 1. The second kappa shape index (κ2) is 6.72. The standard InChI is InChI=1S/C19H23F2N7/c1-18(2,3)17-23-15-14(16(24-17)27-11-8-19(20,21)12-27)25-28(26-15)10-7-13-6-4-5-9-22-13/h4-6,9H,7-8,10-12H2,1-3H3. The maximum atomic E-state index is 13.8. The van der Waals surface area contributed by atoms with Crippen molar-refractivity contribution < 1.29 is 8.78 Å². The molecule has 1 aliphatic heterocycles. The number of anilines is 1. The number of aryl methyl sites for hydroxylation is 2. The minimum Gasteiger partial charge on any atom is -0.348 e. The molecule has 9 heteroatoms. The van der Waals surface area contributed by atoms with Crippen molar-refractivity contribution in [3.05, 3.63) is 35.9 Å². The zero-order valence-electron chi connectivity index (χ0n) is 16.2. The van der Waals surface area contributed by atoms with E-state index in [1.165, 1.54) is 0 Å². The molecule has 28 heavy (non-hydrogen) atoms. The summed E-state index contributed by atoms with van der Waals surface area (Å²) < 4.78 is 27.6. The van der Waals surface area contributed by atoms with Gasteiger partial charge in [-0.05, 0) is 12.1 Å². The van der Waals surface area contributed by atoms with Crippen LogP contribution in [-0.2, 0) is 18.4 Å². The molecule has 0 unspecified atom stereocenters. The Kier molecular flexibility index (Phi) is 4.47. The Morgan fingerprint density at radius 3 is 2.61 bits per heavy atom. The molecule has 7 nitrogen and oxygen atoms in total. The molecular formula is C19H23F2N7. The highest BCUT2D eigenvalue weighted by atomic mass is 19.3. The van der Waals surface area contributed by atoms with Gasteiger partial charge in [-0.25, -0.2) is 18.7 Å². The summed E-state index contributed by atoms with van der Waals surface area (Å²) in [5.74, 6) is -1.70. The van der Waals surface area contributed by atoms with Gasteiger partial charge in [-0.1, -0.05) is 26.8 Å². The van der Waals surface area contributed by atoms with E-state index in [4.69, 9.17) is 0 Å². The molecule has 0 bridgehead atoms. The Hall–Kier alpha value is -2.71. The summed E-state index contributed by atoms with van der Waals surface area (Å²) in [6, 6.07) is 5.74. The van der Waals surface area contributed by atoms with Crippen LogP contribution in [0.5, 0.6) is 0 Å². The fourth-order valence-electron chi connectivity index (χ4n) is 3.17. The highest BCUT2D eigenvalue weighted by molar-refractivity contribution is 5.82. The van der Waals surface area contributed by atoms with Gasteiger partial charge in [0.2, 0.25) is 5.65 Å². The zero-order chi connectivity index (χ0) is 19.9. The zero-order valence-corrected chi connectivity index (χ0v) is 16.2. The van der Waals surface area contributed by atoms with E-state index >= 15 is 0 Å². The van der Waals surface area contributed by atoms with Gasteiger partial charge in [0.25, 0.3) is 5.92 Å². The minimum absolute atomic E-state index is 0.183. The van der Waals surface area contributed by atoms with Gasteiger partial charge in [-0.2, -0.15) is 4.80 Å². The molecule has 3 aromatic heterocycles. The Balaban J connectivity index is 1.70. The first-order valence-corrected chi connectivity index (χ1v) is 9.37. The number of pyridine rings is 1. The van der Waals surface area contributed by atoms with Crippen LogP contribution >= 0.6 is 0 Å². The van der Waals surface area contributed by atoms with Crippen molar-refractivity contribution in [2.75, 3.05) is 18.0 Å². The van der Waals surface area contributed by atoms with E-state index < -0.39 is 5.92 Å². The molecule has 0 radical (unpaired) electrons. The van der Waals surface area contributed by atoms with Crippen LogP contribution in [0.2, 0.25) is 0 Å². The van der Waals surface area contributed by atoms with E-state index in [1.54, 1.807) is 15.9 Å². The van der Waals surface area contributed by atoms with Gasteiger partial charge in [-0.15, -0.1) is 10.2 Å². The van der Waals surface area contributed by atoms with Crippen LogP contribution in [0.25, 0.3) is 11.2 Å². The summed E-state index contributed by atoms with van der Waals surface area (Å²) in [6.45, 7) is 6.37. The van der Waals surface area contributed by atoms with Crippen molar-refractivity contribution in [1.29, 1.82) is 0 Å². The normalized spacial score (nSPS) is 16.8. The summed E-state index contributed by atoms with van der Waals surface area (Å²) in [7, 11) is 0. The second-order valence-corrected chi connectivity index (χ2v) is 8.19. The van der Waals surface area contributed by atoms with Crippen LogP contribution in [0, 0.1) is 0 Å². The summed E-state index contributed by atoms with van der Waals surface area (Å²) >= 11 is 0. The van der Waals surface area contributed by atoms with Crippen LogP contribution < -0.4 is 4.90 Å². The van der Waals surface area contributed by atoms with Gasteiger partial charge in [-0.3, -0.25) is 4.98 Å². The molecule has 0 amide bonds. The quantitative estimate of drug-likeness (QED) is 0.685. The largest absolute Gasteiger partial charge is 0.348 e. The average Bonchev–Trinajstić information content (AvgIpc) is 3.21. The number of hydrogen-bond donors (Lipinski definition) is 0. The third-order valence-corrected chi connectivity index (χ3v) is 4.71. The van der Waals surface area contributed by atoms with E-state index in [1.807, 2.05) is 39.0 Å². The summed E-state index contributed by atoms with van der Waals surface area (Å²) in [5, 5.41) is 8.99. The van der Waals surface area contributed by atoms with Crippen LogP contribution in [0.15, 0.2) is 24.4 Å². The predicted octanol–water partition coefficient (Wildman–Crippen LogP) is 3.00. The summed E-state index contributed by atoms with van der Waals surface area (Å²) in [4.78, 5) is 16.6. The molecule has 1 saturated heterocycles. The van der Waals surface area contributed by atoms with E-state index in [0.29, 0.717) is 35.8 Å². The highest BCUT2D eigenvalue weighted by Crippen LogP contribution is 2.33. The minimum atomic E-state index is -2.71. The molecule has 0 aromatic carbocycles. The number of aromatic nitrogens is 6. The number of alkyl halides is 2. The monoisotopic (exact) mass is 387 g/mol. The summed E-state index contributed by atoms with van der Waals surface area (Å²) in [5.41, 5.74) is 1.51. The molecule has 1 aliphatic rings. The van der Waals surface area contributed by atoms with Crippen molar-refractivity contribution >= 4 is 17.0 Å². The Morgan fingerprint density at radius 1 is 1.14 bits per heavy atom. The molecule has 0 N–H and O–H groups in total. The molecular weight excluding hydrogens is 364 g/mol. The lowest BCUT2D eigenvalue weighted by molar-refractivity contribution is 0.0257. The van der Waals surface area contributed by atoms with Crippen molar-refractivity contribution in [3.8, 4) is 0 Å². The van der Waals surface area contributed by atoms with Crippen LogP contribution in [0.3, 0.4) is 0 Å². The molecule has 1 fully saturated rings. The first-order valence-electron chi connectivity index (χ1n) is 9.37. The fraction of sp³-hybridized carbons (Fsp3) is 0.526. The Bertz CT molecular complexity index is 979. The van der Waals surface area contributed by atoms with Crippen LogP contribution in [0.4, 0.5) is 14.6 Å². The Labute approximate surface area is 161 Å². The van der Waals surface area contributed by atoms with Gasteiger partial charge in [0.05, 0.1) is 13.1 Å². The maximum absolute atomic E-state index is 13.8. The van der Waals surface area contributed by atoms with Crippen molar-refractivity contribution in [2.45, 2.75) is 51.5 Å². The number of hydrogen-bond acceptors (Lipinski definition) is 6. The smallest absolute Gasteiger partial charge is 0.266 e. The molecule has 0 atom stereocenters. The third kappa shape index (κ3) is 3.79. The van der Waals surface area contributed by atoms with E-state index in [2.05, 4.69) is 25.1 Å². The Morgan fingerprint density at radius 2 is 1.96 bits per heavy atom. The molecule has 0 spiro atoms. The van der Waals surface area contributed by atoms with Gasteiger partial charge in [0.15, 0.2) is 11.3 Å². The third-order valence-electron chi connectivity index (χ3n) is 4.71. The molecule has 3 aromatic rings. The van der Waals surface area contributed by atoms with Crippen molar-refractivity contribution in [1.82, 2.24) is 29.9 Å². The number of nitrogens with zero attached hydrogens (tertiary/aromatic N) is 7. The first-order chi connectivity index (χ1) is 13.2. The molecule has 4 rings (SSSR count). The van der Waals surface area contributed by atoms with E-state index in [-0.39, 0.29) is 24.9 Å². The second-order valence-electron chi connectivity index (χ2n) is 8.19. The first kappa shape index (κ1) is 18.6. The number of halogens is 2. The lowest BCUT2D eigenvalue weighted by atomic mass is 9.96. The van der Waals surface area contributed by atoms with E-state index in [0.717, 1.165) is 5.69 Å². The van der Waals surface area contributed by atoms with Crippen LogP contribution in [0.1, 0.15) is 38.7 Å². The molecule has 0 aliphatic carbocycles. The predicted molar refractivity (Wildman–Crippen MR) is 102 cm³/mol. The molecule has 0 saturated carbocycles. The lowest BCUT2D eigenvalue weighted by Crippen LogP contribution is -2.27. The van der Waals surface area contributed by atoms with E-state index in [9.17, 15) is 8.78 Å². The number of rotatable bonds is 4. The average molecular weight is 387 g/mol. The van der Waals surface area contributed by atoms with Gasteiger partial charge in [0, 0.05) is 36.7 Å². The van der Waals surface area contributed by atoms with Crippen molar-refractivity contribution in [3.63, 3.8) is 0 Å².